The Morgan fingerprint density at radius 1 is 1.44 bits per heavy atom. The van der Waals surface area contributed by atoms with Crippen molar-refractivity contribution in [2.24, 2.45) is 0 Å². The molecule has 1 unspecified atom stereocenters. The first-order valence-corrected chi connectivity index (χ1v) is 5.44. The van der Waals surface area contributed by atoms with Crippen LogP contribution in [0.2, 0.25) is 0 Å². The summed E-state index contributed by atoms with van der Waals surface area (Å²) in [6, 6.07) is 3.32. The van der Waals surface area contributed by atoms with Gasteiger partial charge < -0.3 is 10.4 Å². The molecule has 98 valence electrons. The van der Waals surface area contributed by atoms with Gasteiger partial charge in [0.1, 0.15) is 5.54 Å². The second-order valence-electron chi connectivity index (χ2n) is 4.63. The van der Waals surface area contributed by atoms with Gasteiger partial charge in [-0.05, 0) is 43.5 Å². The Labute approximate surface area is 102 Å². The lowest BCUT2D eigenvalue weighted by Gasteiger charge is -2.33. The van der Waals surface area contributed by atoms with E-state index in [9.17, 15) is 18.0 Å². The Morgan fingerprint density at radius 3 is 2.67 bits per heavy atom. The average molecular weight is 259 g/mol. The highest BCUT2D eigenvalue weighted by molar-refractivity contribution is 5.83. The minimum atomic E-state index is -4.37. The fourth-order valence-electron chi connectivity index (χ4n) is 2.00. The van der Waals surface area contributed by atoms with Gasteiger partial charge in [-0.1, -0.05) is 0 Å². The average Bonchev–Trinajstić information content (AvgIpc) is 2.26. The van der Waals surface area contributed by atoms with Gasteiger partial charge >= 0.3 is 12.1 Å². The third kappa shape index (κ3) is 2.14. The van der Waals surface area contributed by atoms with Crippen LogP contribution in [0.5, 0.6) is 0 Å². The number of carboxylic acids is 1. The zero-order chi connectivity index (χ0) is 13.6. The van der Waals surface area contributed by atoms with Gasteiger partial charge in [0.25, 0.3) is 0 Å². The Morgan fingerprint density at radius 2 is 2.11 bits per heavy atom. The Hall–Kier alpha value is -1.72. The lowest BCUT2D eigenvalue weighted by Crippen LogP contribution is -2.46. The lowest BCUT2D eigenvalue weighted by molar-refractivity contribution is -0.142. The van der Waals surface area contributed by atoms with E-state index in [1.807, 2.05) is 0 Å². The van der Waals surface area contributed by atoms with Crippen molar-refractivity contribution < 1.29 is 23.1 Å². The van der Waals surface area contributed by atoms with Crippen molar-refractivity contribution in [1.29, 1.82) is 0 Å². The van der Waals surface area contributed by atoms with Crippen LogP contribution in [-0.4, -0.2) is 16.6 Å². The second-order valence-corrected chi connectivity index (χ2v) is 4.63. The van der Waals surface area contributed by atoms with Crippen molar-refractivity contribution in [3.63, 3.8) is 0 Å². The molecule has 0 saturated heterocycles. The van der Waals surface area contributed by atoms with Gasteiger partial charge in [-0.15, -0.1) is 0 Å². The number of carboxylic acid groups (broad SMARTS) is 1. The molecular formula is C12H12F3NO2. The number of aliphatic carboxylic acids is 1. The number of nitrogens with one attached hydrogen (secondary N) is 1. The van der Waals surface area contributed by atoms with Crippen LogP contribution < -0.4 is 5.32 Å². The van der Waals surface area contributed by atoms with Crippen molar-refractivity contribution in [3.05, 3.63) is 29.3 Å². The largest absolute Gasteiger partial charge is 0.480 e. The molecule has 1 aliphatic rings. The fraction of sp³-hybridized carbons (Fsp3) is 0.417. The first kappa shape index (κ1) is 12.7. The van der Waals surface area contributed by atoms with Gasteiger partial charge in [-0.3, -0.25) is 0 Å². The highest BCUT2D eigenvalue weighted by Gasteiger charge is 2.38. The van der Waals surface area contributed by atoms with Gasteiger partial charge in [0.15, 0.2) is 0 Å². The number of alkyl halides is 3. The quantitative estimate of drug-likeness (QED) is 0.815. The summed E-state index contributed by atoms with van der Waals surface area (Å²) in [6.45, 7) is 1.52. The van der Waals surface area contributed by atoms with Gasteiger partial charge in [0, 0.05) is 5.69 Å². The molecule has 6 heteroatoms. The summed E-state index contributed by atoms with van der Waals surface area (Å²) in [5.74, 6) is -1.01. The molecule has 0 radical (unpaired) electrons. The number of anilines is 1. The zero-order valence-electron chi connectivity index (χ0n) is 9.64. The van der Waals surface area contributed by atoms with E-state index >= 15 is 0 Å². The first-order valence-electron chi connectivity index (χ1n) is 5.44. The van der Waals surface area contributed by atoms with E-state index in [2.05, 4.69) is 5.32 Å². The number of carbonyl (C=O) groups is 1. The Balaban J connectivity index is 2.35. The van der Waals surface area contributed by atoms with Gasteiger partial charge in [-0.25, -0.2) is 4.79 Å². The molecule has 18 heavy (non-hydrogen) atoms. The van der Waals surface area contributed by atoms with Crippen LogP contribution in [0.15, 0.2) is 18.2 Å². The van der Waals surface area contributed by atoms with E-state index < -0.39 is 23.2 Å². The highest BCUT2D eigenvalue weighted by Crippen LogP contribution is 2.36. The molecule has 1 aromatic rings. The van der Waals surface area contributed by atoms with Crippen LogP contribution in [0.1, 0.15) is 24.5 Å². The molecule has 2 rings (SSSR count). The third-order valence-corrected chi connectivity index (χ3v) is 3.21. The summed E-state index contributed by atoms with van der Waals surface area (Å²) in [7, 11) is 0. The summed E-state index contributed by atoms with van der Waals surface area (Å²) < 4.78 is 37.6. The maximum absolute atomic E-state index is 12.5. The van der Waals surface area contributed by atoms with E-state index in [4.69, 9.17) is 5.11 Å². The minimum Gasteiger partial charge on any atom is -0.480 e. The molecule has 3 nitrogen and oxygen atoms in total. The van der Waals surface area contributed by atoms with Gasteiger partial charge in [0.05, 0.1) is 5.56 Å². The number of hydrogen-bond donors (Lipinski definition) is 2. The summed E-state index contributed by atoms with van der Waals surface area (Å²) in [5, 5.41) is 11.8. The third-order valence-electron chi connectivity index (χ3n) is 3.21. The molecule has 0 aromatic heterocycles. The second kappa shape index (κ2) is 3.90. The number of hydrogen-bond acceptors (Lipinski definition) is 2. The normalized spacial score (nSPS) is 23.1. The van der Waals surface area contributed by atoms with E-state index in [0.29, 0.717) is 17.7 Å². The molecule has 0 aliphatic carbocycles. The summed E-state index contributed by atoms with van der Waals surface area (Å²) in [4.78, 5) is 11.1. The SMILES string of the molecule is CC1(C(=O)O)CCc2cc(C(F)(F)F)ccc2N1. The topological polar surface area (TPSA) is 49.3 Å². The van der Waals surface area contributed by atoms with Crippen LogP contribution in [0.25, 0.3) is 0 Å². The Bertz CT molecular complexity index is 499. The van der Waals surface area contributed by atoms with Crippen molar-refractivity contribution in [3.8, 4) is 0 Å². The first-order chi connectivity index (χ1) is 8.22. The molecule has 0 fully saturated rings. The molecule has 2 N–H and O–H groups in total. The molecule has 1 aromatic carbocycles. The van der Waals surface area contributed by atoms with E-state index in [1.165, 1.54) is 13.0 Å². The number of aryl methyl sites for hydroxylation is 1. The maximum atomic E-state index is 12.5. The molecule has 1 heterocycles. The molecular weight excluding hydrogens is 247 g/mol. The monoisotopic (exact) mass is 259 g/mol. The van der Waals surface area contributed by atoms with E-state index in [0.717, 1.165) is 12.1 Å². The zero-order valence-corrected chi connectivity index (χ0v) is 9.64. The Kier molecular flexibility index (Phi) is 2.76. The van der Waals surface area contributed by atoms with Gasteiger partial charge in [0.2, 0.25) is 0 Å². The molecule has 1 atom stereocenters. The van der Waals surface area contributed by atoms with Crippen LogP contribution in [0.3, 0.4) is 0 Å². The molecule has 0 spiro atoms. The van der Waals surface area contributed by atoms with Crippen LogP contribution in [0, 0.1) is 0 Å². The van der Waals surface area contributed by atoms with Crippen LogP contribution >= 0.6 is 0 Å². The number of fused-ring (bicyclic) bond motifs is 1. The molecule has 0 bridgehead atoms. The number of rotatable bonds is 1. The molecule has 1 aliphatic heterocycles. The predicted molar refractivity (Wildman–Crippen MR) is 59.4 cm³/mol. The summed E-state index contributed by atoms with van der Waals surface area (Å²) >= 11 is 0. The lowest BCUT2D eigenvalue weighted by atomic mass is 9.87. The van der Waals surface area contributed by atoms with E-state index in [-0.39, 0.29) is 6.42 Å². The summed E-state index contributed by atoms with van der Waals surface area (Å²) in [5.41, 5.74) is -0.864. The smallest absolute Gasteiger partial charge is 0.416 e. The van der Waals surface area contributed by atoms with Gasteiger partial charge in [-0.2, -0.15) is 13.2 Å². The van der Waals surface area contributed by atoms with Crippen molar-refractivity contribution in [2.45, 2.75) is 31.5 Å². The fourth-order valence-corrected chi connectivity index (χ4v) is 2.00. The molecule has 0 amide bonds. The van der Waals surface area contributed by atoms with Crippen molar-refractivity contribution in [1.82, 2.24) is 0 Å². The standard InChI is InChI=1S/C12H12F3NO2/c1-11(10(17)18)5-4-7-6-8(12(13,14)15)2-3-9(7)16-11/h2-3,6,16H,4-5H2,1H3,(H,17,18). The number of halogens is 3. The highest BCUT2D eigenvalue weighted by atomic mass is 19.4. The van der Waals surface area contributed by atoms with E-state index in [1.54, 1.807) is 0 Å². The van der Waals surface area contributed by atoms with Crippen LogP contribution in [-0.2, 0) is 17.4 Å². The van der Waals surface area contributed by atoms with Crippen molar-refractivity contribution in [2.75, 3.05) is 5.32 Å². The summed E-state index contributed by atoms with van der Waals surface area (Å²) in [6.07, 6.45) is -3.80. The predicted octanol–water partition coefficient (Wildman–Crippen LogP) is 2.91. The minimum absolute atomic E-state index is 0.261. The number of benzene rings is 1. The van der Waals surface area contributed by atoms with Crippen LogP contribution in [0.4, 0.5) is 18.9 Å². The van der Waals surface area contributed by atoms with Crippen molar-refractivity contribution >= 4 is 11.7 Å². The maximum Gasteiger partial charge on any atom is 0.416 e. The molecule has 0 saturated carbocycles.